The lowest BCUT2D eigenvalue weighted by Crippen LogP contribution is -2.49. The van der Waals surface area contributed by atoms with E-state index in [1.807, 2.05) is 4.90 Å². The smallest absolute Gasteiger partial charge is 0.226 e. The summed E-state index contributed by atoms with van der Waals surface area (Å²) in [7, 11) is 0. The summed E-state index contributed by atoms with van der Waals surface area (Å²) in [6.07, 6.45) is 2.32. The molecule has 0 bridgehead atoms. The van der Waals surface area contributed by atoms with Gasteiger partial charge in [0.25, 0.3) is 0 Å². The maximum atomic E-state index is 12.8. The van der Waals surface area contributed by atoms with Gasteiger partial charge in [-0.05, 0) is 43.0 Å². The Labute approximate surface area is 125 Å². The molecule has 1 amide bonds. The quantitative estimate of drug-likeness (QED) is 0.905. The number of nitrogens with two attached hydrogens (primary N) is 1. The Bertz CT molecular complexity index is 464. The van der Waals surface area contributed by atoms with Gasteiger partial charge in [-0.2, -0.15) is 0 Å². The highest BCUT2D eigenvalue weighted by Crippen LogP contribution is 2.22. The average Bonchev–Trinajstić information content (AvgIpc) is 2.49. The number of piperidine rings is 1. The van der Waals surface area contributed by atoms with Crippen molar-refractivity contribution in [2.24, 2.45) is 11.7 Å². The van der Waals surface area contributed by atoms with Crippen molar-refractivity contribution < 1.29 is 13.9 Å². The first kappa shape index (κ1) is 15.8. The first-order valence-corrected chi connectivity index (χ1v) is 7.48. The lowest BCUT2D eigenvalue weighted by atomic mass is 9.92. The number of hydrogen-bond donors (Lipinski definition) is 1. The van der Waals surface area contributed by atoms with Crippen LogP contribution in [-0.2, 0) is 4.79 Å². The van der Waals surface area contributed by atoms with Crippen molar-refractivity contribution in [1.29, 1.82) is 0 Å². The highest BCUT2D eigenvalue weighted by atomic mass is 19.1. The minimum absolute atomic E-state index is 0.0828. The Hall–Kier alpha value is -1.62. The Morgan fingerprint density at radius 3 is 2.81 bits per heavy atom. The molecule has 0 spiro atoms. The number of halogens is 1. The molecule has 2 rings (SSSR count). The Balaban J connectivity index is 1.79. The molecule has 4 nitrogen and oxygen atoms in total. The van der Waals surface area contributed by atoms with E-state index >= 15 is 0 Å². The third-order valence-corrected chi connectivity index (χ3v) is 3.97. The maximum absolute atomic E-state index is 12.8. The molecule has 2 unspecified atom stereocenters. The van der Waals surface area contributed by atoms with Crippen LogP contribution in [0.25, 0.3) is 0 Å². The van der Waals surface area contributed by atoms with Gasteiger partial charge in [0.15, 0.2) is 0 Å². The molecule has 0 saturated carbocycles. The third kappa shape index (κ3) is 4.43. The number of hydrogen-bond acceptors (Lipinski definition) is 3. The standard InChI is InChI=1S/C16H23FN2O2/c1-12-6-8-19(14(10-12)11-18)16(20)7-9-21-15-4-2-13(17)3-5-15/h2-5,12,14H,6-11,18H2,1H3. The SMILES string of the molecule is CC1CCN(C(=O)CCOc2ccc(F)cc2)C(CN)C1. The zero-order valence-electron chi connectivity index (χ0n) is 12.4. The van der Waals surface area contributed by atoms with Gasteiger partial charge in [0, 0.05) is 19.1 Å². The summed E-state index contributed by atoms with van der Waals surface area (Å²) in [5.74, 6) is 0.982. The topological polar surface area (TPSA) is 55.6 Å². The van der Waals surface area contributed by atoms with E-state index < -0.39 is 0 Å². The normalized spacial score (nSPS) is 22.1. The summed E-state index contributed by atoms with van der Waals surface area (Å²) >= 11 is 0. The van der Waals surface area contributed by atoms with Gasteiger partial charge in [-0.3, -0.25) is 4.79 Å². The fraction of sp³-hybridized carbons (Fsp3) is 0.562. The molecule has 0 aliphatic carbocycles. The highest BCUT2D eigenvalue weighted by Gasteiger charge is 2.28. The lowest BCUT2D eigenvalue weighted by Gasteiger charge is -2.38. The molecule has 0 radical (unpaired) electrons. The second kappa shape index (κ2) is 7.41. The van der Waals surface area contributed by atoms with Crippen LogP contribution in [-0.4, -0.2) is 36.5 Å². The van der Waals surface area contributed by atoms with Crippen molar-refractivity contribution in [3.05, 3.63) is 30.1 Å². The van der Waals surface area contributed by atoms with E-state index in [1.165, 1.54) is 12.1 Å². The molecule has 1 aliphatic heterocycles. The molecule has 1 aliphatic rings. The zero-order valence-corrected chi connectivity index (χ0v) is 12.4. The van der Waals surface area contributed by atoms with Gasteiger partial charge in [0.2, 0.25) is 5.91 Å². The second-order valence-electron chi connectivity index (χ2n) is 5.66. The summed E-state index contributed by atoms with van der Waals surface area (Å²) in [4.78, 5) is 14.1. The van der Waals surface area contributed by atoms with E-state index in [2.05, 4.69) is 6.92 Å². The van der Waals surface area contributed by atoms with Crippen molar-refractivity contribution in [2.75, 3.05) is 19.7 Å². The van der Waals surface area contributed by atoms with Crippen molar-refractivity contribution >= 4 is 5.91 Å². The molecule has 1 saturated heterocycles. The summed E-state index contributed by atoms with van der Waals surface area (Å²) in [5, 5.41) is 0. The van der Waals surface area contributed by atoms with Gasteiger partial charge in [-0.1, -0.05) is 6.92 Å². The second-order valence-corrected chi connectivity index (χ2v) is 5.66. The molecule has 1 aromatic rings. The van der Waals surface area contributed by atoms with E-state index in [0.717, 1.165) is 19.4 Å². The molecule has 116 valence electrons. The fourth-order valence-electron chi connectivity index (χ4n) is 2.73. The highest BCUT2D eigenvalue weighted by molar-refractivity contribution is 5.76. The maximum Gasteiger partial charge on any atom is 0.226 e. The van der Waals surface area contributed by atoms with E-state index in [-0.39, 0.29) is 17.8 Å². The molecule has 2 atom stereocenters. The van der Waals surface area contributed by atoms with E-state index in [4.69, 9.17) is 10.5 Å². The summed E-state index contributed by atoms with van der Waals surface area (Å²) in [6, 6.07) is 5.95. The van der Waals surface area contributed by atoms with Crippen LogP contribution >= 0.6 is 0 Å². The van der Waals surface area contributed by atoms with E-state index in [0.29, 0.717) is 31.2 Å². The van der Waals surface area contributed by atoms with Crippen LogP contribution in [0.4, 0.5) is 4.39 Å². The van der Waals surface area contributed by atoms with Crippen molar-refractivity contribution in [2.45, 2.75) is 32.2 Å². The molecule has 1 heterocycles. The zero-order chi connectivity index (χ0) is 15.2. The molecule has 21 heavy (non-hydrogen) atoms. The van der Waals surface area contributed by atoms with Crippen LogP contribution in [0.5, 0.6) is 5.75 Å². The molecule has 2 N–H and O–H groups in total. The first-order valence-electron chi connectivity index (χ1n) is 7.48. The molecule has 0 aromatic heterocycles. The van der Waals surface area contributed by atoms with Crippen LogP contribution < -0.4 is 10.5 Å². The minimum atomic E-state index is -0.299. The fourth-order valence-corrected chi connectivity index (χ4v) is 2.73. The van der Waals surface area contributed by atoms with Crippen LogP contribution in [0, 0.1) is 11.7 Å². The van der Waals surface area contributed by atoms with Crippen molar-refractivity contribution in [1.82, 2.24) is 4.90 Å². The number of carbonyl (C=O) groups is 1. The largest absolute Gasteiger partial charge is 0.493 e. The number of benzene rings is 1. The average molecular weight is 294 g/mol. The number of likely N-dealkylation sites (tertiary alicyclic amines) is 1. The minimum Gasteiger partial charge on any atom is -0.493 e. The number of nitrogens with zero attached hydrogens (tertiary/aromatic N) is 1. The number of ether oxygens (including phenoxy) is 1. The van der Waals surface area contributed by atoms with Gasteiger partial charge >= 0.3 is 0 Å². The summed E-state index contributed by atoms with van der Waals surface area (Å²) in [6.45, 7) is 3.78. The van der Waals surface area contributed by atoms with Crippen molar-refractivity contribution in [3.8, 4) is 5.75 Å². The molecular weight excluding hydrogens is 271 g/mol. The Morgan fingerprint density at radius 1 is 1.43 bits per heavy atom. The Kier molecular flexibility index (Phi) is 5.56. The first-order chi connectivity index (χ1) is 10.1. The molecular formula is C16H23FN2O2. The van der Waals surface area contributed by atoms with Gasteiger partial charge in [-0.25, -0.2) is 4.39 Å². The van der Waals surface area contributed by atoms with E-state index in [9.17, 15) is 9.18 Å². The van der Waals surface area contributed by atoms with Gasteiger partial charge in [0.1, 0.15) is 11.6 Å². The van der Waals surface area contributed by atoms with Crippen molar-refractivity contribution in [3.63, 3.8) is 0 Å². The van der Waals surface area contributed by atoms with E-state index in [1.54, 1.807) is 12.1 Å². The van der Waals surface area contributed by atoms with Gasteiger partial charge in [-0.15, -0.1) is 0 Å². The predicted octanol–water partition coefficient (Wildman–Crippen LogP) is 2.18. The number of carbonyl (C=O) groups excluding carboxylic acids is 1. The van der Waals surface area contributed by atoms with Gasteiger partial charge in [0.05, 0.1) is 13.0 Å². The summed E-state index contributed by atoms with van der Waals surface area (Å²) in [5.41, 5.74) is 5.77. The van der Waals surface area contributed by atoms with Gasteiger partial charge < -0.3 is 15.4 Å². The molecule has 5 heteroatoms. The predicted molar refractivity (Wildman–Crippen MR) is 79.5 cm³/mol. The summed E-state index contributed by atoms with van der Waals surface area (Å²) < 4.78 is 18.2. The van der Waals surface area contributed by atoms with Crippen LogP contribution in [0.1, 0.15) is 26.2 Å². The monoisotopic (exact) mass is 294 g/mol. The van der Waals surface area contributed by atoms with Crippen LogP contribution in [0.3, 0.4) is 0 Å². The molecule has 1 aromatic carbocycles. The third-order valence-electron chi connectivity index (χ3n) is 3.97. The van der Waals surface area contributed by atoms with Crippen LogP contribution in [0.15, 0.2) is 24.3 Å². The molecule has 1 fully saturated rings. The Morgan fingerprint density at radius 2 is 2.14 bits per heavy atom. The number of amides is 1. The van der Waals surface area contributed by atoms with Crippen LogP contribution in [0.2, 0.25) is 0 Å². The lowest BCUT2D eigenvalue weighted by molar-refractivity contribution is -0.135. The number of rotatable bonds is 5.